The molecule has 0 unspecified atom stereocenters. The molecule has 0 spiro atoms. The Morgan fingerprint density at radius 2 is 2.08 bits per heavy atom. The molecule has 1 aromatic carbocycles. The quantitative estimate of drug-likeness (QED) is 0.874. The van der Waals surface area contributed by atoms with Crippen molar-refractivity contribution in [3.05, 3.63) is 41.6 Å². The molecule has 2 heterocycles. The Kier molecular flexibility index (Phi) is 4.59. The van der Waals surface area contributed by atoms with Crippen LogP contribution in [0.1, 0.15) is 11.8 Å². The normalized spacial score (nSPS) is 14.3. The fraction of sp³-hybridized carbons (Fsp3) is 0.333. The summed E-state index contributed by atoms with van der Waals surface area (Å²) in [5, 5.41) is 9.96. The number of amides is 3. The minimum absolute atomic E-state index is 0.0641. The second-order valence-electron chi connectivity index (χ2n) is 5.45. The van der Waals surface area contributed by atoms with Crippen molar-refractivity contribution in [2.24, 2.45) is 0 Å². The van der Waals surface area contributed by atoms with Crippen LogP contribution in [-0.2, 0) is 11.3 Å². The number of benzene rings is 1. The van der Waals surface area contributed by atoms with E-state index < -0.39 is 23.6 Å². The lowest BCUT2D eigenvalue weighted by atomic mass is 10.3. The number of carbonyl (C=O) groups excluding carboxylic acids is 2. The van der Waals surface area contributed by atoms with Crippen LogP contribution in [0.2, 0.25) is 0 Å². The molecule has 1 aromatic heterocycles. The van der Waals surface area contributed by atoms with Crippen molar-refractivity contribution in [1.29, 1.82) is 0 Å². The Morgan fingerprint density at radius 1 is 1.28 bits per heavy atom. The Balaban J connectivity index is 1.56. The third kappa shape index (κ3) is 3.73. The summed E-state index contributed by atoms with van der Waals surface area (Å²) in [4.78, 5) is 26.9. The summed E-state index contributed by atoms with van der Waals surface area (Å²) < 4.78 is 31.4. The molecule has 1 aliphatic heterocycles. The molecule has 1 aliphatic rings. The molecule has 1 saturated heterocycles. The van der Waals surface area contributed by atoms with Crippen molar-refractivity contribution in [2.75, 3.05) is 24.5 Å². The minimum atomic E-state index is -1.03. The number of carbonyl (C=O) groups is 2. The zero-order valence-corrected chi connectivity index (χ0v) is 13.3. The second-order valence-corrected chi connectivity index (χ2v) is 5.45. The first-order valence-electron chi connectivity index (χ1n) is 7.51. The predicted molar refractivity (Wildman–Crippen MR) is 81.6 cm³/mol. The Labute approximate surface area is 141 Å². The largest absolute Gasteiger partial charge is 0.424 e. The number of rotatable bonds is 5. The lowest BCUT2D eigenvalue weighted by Crippen LogP contribution is -2.39. The van der Waals surface area contributed by atoms with Crippen LogP contribution in [0.3, 0.4) is 0 Å². The maximum absolute atomic E-state index is 13.3. The first kappa shape index (κ1) is 16.8. The molecule has 0 atom stereocenters. The first-order valence-corrected chi connectivity index (χ1v) is 7.51. The molecule has 1 N–H and O–H groups in total. The van der Waals surface area contributed by atoms with Gasteiger partial charge in [0, 0.05) is 31.8 Å². The zero-order valence-electron chi connectivity index (χ0n) is 13.3. The van der Waals surface area contributed by atoms with Crippen molar-refractivity contribution in [1.82, 2.24) is 20.4 Å². The summed E-state index contributed by atoms with van der Waals surface area (Å²) in [6.07, 6.45) is 0. The van der Waals surface area contributed by atoms with Gasteiger partial charge >= 0.3 is 6.03 Å². The van der Waals surface area contributed by atoms with Crippen molar-refractivity contribution < 1.29 is 22.8 Å². The average molecular weight is 351 g/mol. The maximum Gasteiger partial charge on any atom is 0.325 e. The highest BCUT2D eigenvalue weighted by Crippen LogP contribution is 2.22. The molecule has 25 heavy (non-hydrogen) atoms. The number of aryl methyl sites for hydroxylation is 1. The standard InChI is InChI=1S/C15H15F2N5O3/c1-9-19-20-14(25-9)7-18-13(23)8-21-4-5-22(15(21)24)10-2-3-11(16)12(17)6-10/h2-3,6H,4-5,7-8H2,1H3,(H,18,23). The summed E-state index contributed by atoms with van der Waals surface area (Å²) in [7, 11) is 0. The van der Waals surface area contributed by atoms with E-state index in [9.17, 15) is 18.4 Å². The van der Waals surface area contributed by atoms with Crippen LogP contribution in [-0.4, -0.2) is 46.7 Å². The Morgan fingerprint density at radius 3 is 2.76 bits per heavy atom. The van der Waals surface area contributed by atoms with Gasteiger partial charge in [0.05, 0.1) is 6.54 Å². The van der Waals surface area contributed by atoms with Crippen molar-refractivity contribution in [2.45, 2.75) is 13.5 Å². The lowest BCUT2D eigenvalue weighted by molar-refractivity contribution is -0.121. The van der Waals surface area contributed by atoms with E-state index in [0.717, 1.165) is 12.1 Å². The van der Waals surface area contributed by atoms with E-state index in [2.05, 4.69) is 15.5 Å². The number of hydrogen-bond donors (Lipinski definition) is 1. The predicted octanol–water partition coefficient (Wildman–Crippen LogP) is 1.21. The van der Waals surface area contributed by atoms with Crippen molar-refractivity contribution >= 4 is 17.6 Å². The SMILES string of the molecule is Cc1nnc(CNC(=O)CN2CCN(c3ccc(F)c(F)c3)C2=O)o1. The van der Waals surface area contributed by atoms with Crippen LogP contribution in [0.4, 0.5) is 19.3 Å². The molecule has 3 rings (SSSR count). The van der Waals surface area contributed by atoms with E-state index in [1.54, 1.807) is 6.92 Å². The van der Waals surface area contributed by atoms with Gasteiger partial charge in [-0.25, -0.2) is 13.6 Å². The van der Waals surface area contributed by atoms with E-state index in [0.29, 0.717) is 12.4 Å². The molecule has 8 nitrogen and oxygen atoms in total. The van der Waals surface area contributed by atoms with Gasteiger partial charge in [-0.15, -0.1) is 10.2 Å². The maximum atomic E-state index is 13.3. The van der Waals surface area contributed by atoms with E-state index >= 15 is 0 Å². The molecule has 0 saturated carbocycles. The van der Waals surface area contributed by atoms with Gasteiger partial charge in [0.1, 0.15) is 6.54 Å². The number of aromatic nitrogens is 2. The van der Waals surface area contributed by atoms with Crippen molar-refractivity contribution in [3.63, 3.8) is 0 Å². The fourth-order valence-electron chi connectivity index (χ4n) is 2.43. The minimum Gasteiger partial charge on any atom is -0.424 e. The number of nitrogens with zero attached hydrogens (tertiary/aromatic N) is 4. The number of anilines is 1. The van der Waals surface area contributed by atoms with Gasteiger partial charge in [0.15, 0.2) is 11.6 Å². The van der Waals surface area contributed by atoms with Crippen LogP contribution < -0.4 is 10.2 Å². The van der Waals surface area contributed by atoms with Crippen LogP contribution >= 0.6 is 0 Å². The highest BCUT2D eigenvalue weighted by molar-refractivity contribution is 5.96. The van der Waals surface area contributed by atoms with E-state index in [-0.39, 0.29) is 31.2 Å². The van der Waals surface area contributed by atoms with Crippen LogP contribution in [0, 0.1) is 18.6 Å². The topological polar surface area (TPSA) is 91.6 Å². The number of hydrogen-bond acceptors (Lipinski definition) is 5. The monoisotopic (exact) mass is 351 g/mol. The smallest absolute Gasteiger partial charge is 0.325 e. The summed E-state index contributed by atoms with van der Waals surface area (Å²) in [5.74, 6) is -1.75. The molecule has 132 valence electrons. The highest BCUT2D eigenvalue weighted by Gasteiger charge is 2.31. The molecule has 0 bridgehead atoms. The molecule has 2 aromatic rings. The molecular weight excluding hydrogens is 336 g/mol. The summed E-state index contributed by atoms with van der Waals surface area (Å²) in [5.41, 5.74) is 0.244. The number of halogens is 2. The van der Waals surface area contributed by atoms with Gasteiger partial charge in [0.2, 0.25) is 17.7 Å². The van der Waals surface area contributed by atoms with Crippen LogP contribution in [0.15, 0.2) is 22.6 Å². The second kappa shape index (κ2) is 6.83. The molecule has 1 fully saturated rings. The first-order chi connectivity index (χ1) is 11.9. The van der Waals surface area contributed by atoms with Gasteiger partial charge in [-0.05, 0) is 12.1 Å². The molecule has 0 aliphatic carbocycles. The van der Waals surface area contributed by atoms with E-state index in [4.69, 9.17) is 4.42 Å². The highest BCUT2D eigenvalue weighted by atomic mass is 19.2. The van der Waals surface area contributed by atoms with Gasteiger partial charge in [-0.3, -0.25) is 9.69 Å². The van der Waals surface area contributed by atoms with Gasteiger partial charge in [-0.2, -0.15) is 0 Å². The molecular formula is C15H15F2N5O3. The van der Waals surface area contributed by atoms with Gasteiger partial charge in [0.25, 0.3) is 0 Å². The summed E-state index contributed by atoms with van der Waals surface area (Å²) in [6, 6.07) is 2.78. The van der Waals surface area contributed by atoms with Crippen molar-refractivity contribution in [3.8, 4) is 0 Å². The summed E-state index contributed by atoms with van der Waals surface area (Å²) in [6.45, 7) is 2.11. The van der Waals surface area contributed by atoms with Gasteiger partial charge < -0.3 is 14.6 Å². The van der Waals surface area contributed by atoms with Crippen LogP contribution in [0.5, 0.6) is 0 Å². The third-order valence-corrected chi connectivity index (χ3v) is 3.65. The summed E-state index contributed by atoms with van der Waals surface area (Å²) >= 11 is 0. The number of nitrogens with one attached hydrogen (secondary N) is 1. The fourth-order valence-corrected chi connectivity index (χ4v) is 2.43. The van der Waals surface area contributed by atoms with Crippen LogP contribution in [0.25, 0.3) is 0 Å². The third-order valence-electron chi connectivity index (χ3n) is 3.65. The molecule has 3 amide bonds. The molecule has 10 heteroatoms. The Bertz CT molecular complexity index is 810. The molecule has 0 radical (unpaired) electrons. The van der Waals surface area contributed by atoms with E-state index in [1.165, 1.54) is 15.9 Å². The zero-order chi connectivity index (χ0) is 18.0. The lowest BCUT2D eigenvalue weighted by Gasteiger charge is -2.18. The average Bonchev–Trinajstić information content (AvgIpc) is 3.15. The van der Waals surface area contributed by atoms with Gasteiger partial charge in [-0.1, -0.05) is 0 Å². The number of urea groups is 1. The Hall–Kier alpha value is -3.04. The van der Waals surface area contributed by atoms with E-state index in [1.807, 2.05) is 0 Å².